The van der Waals surface area contributed by atoms with Gasteiger partial charge < -0.3 is 24.5 Å². The van der Waals surface area contributed by atoms with Crippen molar-refractivity contribution in [1.82, 2.24) is 4.57 Å². The van der Waals surface area contributed by atoms with E-state index in [4.69, 9.17) is 5.11 Å². The smallest absolute Gasteiger partial charge is 0.395 e. The molecule has 0 saturated heterocycles. The third-order valence-corrected chi connectivity index (χ3v) is 5.91. The molecule has 1 aliphatic carbocycles. The number of nitrogens with one attached hydrogen (secondary N) is 1. The molecule has 1 aliphatic heterocycles. The highest BCUT2D eigenvalue weighted by Crippen LogP contribution is 2.52. The van der Waals surface area contributed by atoms with Gasteiger partial charge in [-0.1, -0.05) is 6.07 Å². The molecule has 2 aliphatic rings. The molecule has 6 nitrogen and oxygen atoms in total. The Balaban J connectivity index is 1.42. The first-order valence-electron chi connectivity index (χ1n) is 10.1. The molecular formula is C22H17F5N2O4. The van der Waals surface area contributed by atoms with Crippen molar-refractivity contribution in [2.45, 2.75) is 37.3 Å². The fraction of sp³-hybridized carbons (Fsp3) is 0.318. The molecule has 3 aromatic rings. The van der Waals surface area contributed by atoms with Gasteiger partial charge in [0.25, 0.3) is 0 Å². The summed E-state index contributed by atoms with van der Waals surface area (Å²) in [5.41, 5.74) is -0.806. The number of aliphatic hydroxyl groups is 1. The monoisotopic (exact) mass is 468 g/mol. The Morgan fingerprint density at radius 1 is 1.06 bits per heavy atom. The van der Waals surface area contributed by atoms with Gasteiger partial charge >= 0.3 is 12.5 Å². The largest absolute Gasteiger partial charge is 0.586 e. The lowest BCUT2D eigenvalue weighted by Gasteiger charge is -2.16. The first kappa shape index (κ1) is 21.5. The van der Waals surface area contributed by atoms with E-state index in [1.165, 1.54) is 36.4 Å². The van der Waals surface area contributed by atoms with E-state index in [0.29, 0.717) is 24.1 Å². The molecule has 1 amide bonds. The number of hydrogen-bond acceptors (Lipinski definition) is 4. The number of ether oxygens (including phenoxy) is 2. The molecule has 11 heteroatoms. The number of aromatic nitrogens is 1. The van der Waals surface area contributed by atoms with Crippen molar-refractivity contribution < 1.29 is 41.3 Å². The molecule has 1 saturated carbocycles. The number of benzene rings is 2. The zero-order valence-corrected chi connectivity index (χ0v) is 16.9. The van der Waals surface area contributed by atoms with E-state index in [1.54, 1.807) is 0 Å². The van der Waals surface area contributed by atoms with E-state index in [9.17, 15) is 26.7 Å². The van der Waals surface area contributed by atoms with Crippen molar-refractivity contribution in [2.75, 3.05) is 11.9 Å². The van der Waals surface area contributed by atoms with Crippen molar-refractivity contribution in [2.24, 2.45) is 0 Å². The second-order valence-electron chi connectivity index (χ2n) is 8.04. The number of carbonyl (C=O) groups excluding carboxylic acids is 1. The number of halogens is 5. The molecule has 0 bridgehead atoms. The van der Waals surface area contributed by atoms with Gasteiger partial charge in [-0.05, 0) is 54.8 Å². The number of hydrogen-bond donors (Lipinski definition) is 2. The summed E-state index contributed by atoms with van der Waals surface area (Å²) in [6, 6.07) is 9.48. The number of amides is 1. The second-order valence-corrected chi connectivity index (χ2v) is 8.04. The number of alkyl halides is 5. The molecule has 0 atom stereocenters. The van der Waals surface area contributed by atoms with Crippen LogP contribution in [0, 0.1) is 0 Å². The summed E-state index contributed by atoms with van der Waals surface area (Å²) in [6.45, 7) is -0.689. The van der Waals surface area contributed by atoms with E-state index in [0.717, 1.165) is 10.6 Å². The van der Waals surface area contributed by atoms with Crippen LogP contribution in [0.4, 0.5) is 27.6 Å². The molecule has 0 radical (unpaired) electrons. The minimum Gasteiger partial charge on any atom is -0.395 e. The number of rotatable bonds is 5. The van der Waals surface area contributed by atoms with E-state index in [2.05, 4.69) is 14.8 Å². The van der Waals surface area contributed by atoms with Crippen molar-refractivity contribution in [1.29, 1.82) is 0 Å². The quantitative estimate of drug-likeness (QED) is 0.535. The average molecular weight is 468 g/mol. The predicted molar refractivity (Wildman–Crippen MR) is 106 cm³/mol. The standard InChI is InChI=1S/C22H17F5N2O4/c23-21(24,25)18-10-12-9-14(2-3-15(12)29(18)7-8-30)28-19(31)20(5-6-20)13-1-4-16-17(11-13)33-22(26,27)32-16/h1-4,9-11,30H,5-8H2,(H,28,31). The van der Waals surface area contributed by atoms with Crippen LogP contribution < -0.4 is 14.8 Å². The molecule has 0 spiro atoms. The van der Waals surface area contributed by atoms with Crippen molar-refractivity contribution in [3.8, 4) is 11.5 Å². The number of carbonyl (C=O) groups is 1. The van der Waals surface area contributed by atoms with Gasteiger partial charge in [0.2, 0.25) is 5.91 Å². The predicted octanol–water partition coefficient (Wildman–Crippen LogP) is 4.64. The SMILES string of the molecule is O=C(Nc1ccc2c(c1)cc(C(F)(F)F)n2CCO)C1(c2ccc3c(c2)OC(F)(F)O3)CC1. The normalized spacial score (nSPS) is 17.9. The summed E-state index contributed by atoms with van der Waals surface area (Å²) in [6.07, 6.45) is -7.42. The Kier molecular flexibility index (Phi) is 4.61. The van der Waals surface area contributed by atoms with E-state index in [1.807, 2.05) is 0 Å². The minimum atomic E-state index is -4.61. The van der Waals surface area contributed by atoms with Crippen molar-refractivity contribution in [3.63, 3.8) is 0 Å². The Bertz CT molecular complexity index is 1260. The van der Waals surface area contributed by atoms with Crippen LogP contribution in [0.25, 0.3) is 10.9 Å². The van der Waals surface area contributed by atoms with Crippen LogP contribution >= 0.6 is 0 Å². The lowest BCUT2D eigenvalue weighted by Crippen LogP contribution is -2.27. The molecule has 2 heterocycles. The first-order valence-corrected chi connectivity index (χ1v) is 10.1. The maximum absolute atomic E-state index is 13.4. The van der Waals surface area contributed by atoms with Crippen LogP contribution in [0.5, 0.6) is 11.5 Å². The van der Waals surface area contributed by atoms with Crippen LogP contribution in [0.3, 0.4) is 0 Å². The molecule has 1 fully saturated rings. The third kappa shape index (κ3) is 3.65. The maximum atomic E-state index is 13.4. The van der Waals surface area contributed by atoms with Crippen molar-refractivity contribution >= 4 is 22.5 Å². The summed E-state index contributed by atoms with van der Waals surface area (Å²) >= 11 is 0. The fourth-order valence-electron chi connectivity index (χ4n) is 4.19. The number of fused-ring (bicyclic) bond motifs is 2. The van der Waals surface area contributed by atoms with Crippen LogP contribution in [-0.2, 0) is 22.9 Å². The highest BCUT2D eigenvalue weighted by molar-refractivity contribution is 6.02. The summed E-state index contributed by atoms with van der Waals surface area (Å²) in [5.74, 6) is -0.695. The Hall–Kier alpha value is -3.34. The summed E-state index contributed by atoms with van der Waals surface area (Å²) in [4.78, 5) is 13.0. The summed E-state index contributed by atoms with van der Waals surface area (Å²) in [7, 11) is 0. The molecular weight excluding hydrogens is 451 g/mol. The van der Waals surface area contributed by atoms with Crippen molar-refractivity contribution in [3.05, 3.63) is 53.7 Å². The highest BCUT2D eigenvalue weighted by atomic mass is 19.4. The molecule has 1 aromatic heterocycles. The minimum absolute atomic E-state index is 0.127. The van der Waals surface area contributed by atoms with E-state index >= 15 is 0 Å². The summed E-state index contributed by atoms with van der Waals surface area (Å²) < 4.78 is 76.5. The van der Waals surface area contributed by atoms with Crippen LogP contribution in [0.15, 0.2) is 42.5 Å². The van der Waals surface area contributed by atoms with Crippen LogP contribution in [0.1, 0.15) is 24.1 Å². The van der Waals surface area contributed by atoms with Gasteiger partial charge in [-0.25, -0.2) is 0 Å². The highest BCUT2D eigenvalue weighted by Gasteiger charge is 2.52. The number of nitrogens with zero attached hydrogens (tertiary/aromatic N) is 1. The number of aliphatic hydroxyl groups excluding tert-OH is 1. The Morgan fingerprint density at radius 3 is 2.45 bits per heavy atom. The molecule has 174 valence electrons. The van der Waals surface area contributed by atoms with Crippen LogP contribution in [0.2, 0.25) is 0 Å². The fourth-order valence-corrected chi connectivity index (χ4v) is 4.19. The van der Waals surface area contributed by atoms with E-state index in [-0.39, 0.29) is 28.9 Å². The lowest BCUT2D eigenvalue weighted by atomic mass is 9.94. The zero-order chi connectivity index (χ0) is 23.6. The van der Waals surface area contributed by atoms with Gasteiger partial charge in [0.05, 0.1) is 12.0 Å². The maximum Gasteiger partial charge on any atom is 0.586 e. The Morgan fingerprint density at radius 2 is 1.79 bits per heavy atom. The molecule has 0 unspecified atom stereocenters. The Labute approximate surface area is 183 Å². The third-order valence-electron chi connectivity index (χ3n) is 5.91. The zero-order valence-electron chi connectivity index (χ0n) is 16.9. The topological polar surface area (TPSA) is 72.7 Å². The lowest BCUT2D eigenvalue weighted by molar-refractivity contribution is -0.286. The van der Waals surface area contributed by atoms with E-state index < -0.39 is 36.1 Å². The molecule has 33 heavy (non-hydrogen) atoms. The second kappa shape index (κ2) is 7.08. The first-order chi connectivity index (χ1) is 15.5. The van der Waals surface area contributed by atoms with Gasteiger partial charge in [-0.3, -0.25) is 4.79 Å². The summed E-state index contributed by atoms with van der Waals surface area (Å²) in [5, 5.41) is 12.1. The molecule has 2 N–H and O–H groups in total. The van der Waals surface area contributed by atoms with Gasteiger partial charge in [-0.15, -0.1) is 8.78 Å². The van der Waals surface area contributed by atoms with Gasteiger partial charge in [0, 0.05) is 23.1 Å². The van der Waals surface area contributed by atoms with Gasteiger partial charge in [0.15, 0.2) is 11.5 Å². The van der Waals surface area contributed by atoms with Gasteiger partial charge in [0.1, 0.15) is 5.69 Å². The number of anilines is 1. The average Bonchev–Trinajstić information content (AvgIpc) is 3.37. The van der Waals surface area contributed by atoms with Gasteiger partial charge in [-0.2, -0.15) is 13.2 Å². The molecule has 2 aromatic carbocycles. The molecule has 5 rings (SSSR count). The van der Waals surface area contributed by atoms with Crippen LogP contribution in [-0.4, -0.2) is 28.5 Å².